The van der Waals surface area contributed by atoms with Crippen LogP contribution in [-0.4, -0.2) is 5.11 Å². The maximum Gasteiger partial charge on any atom is 0.126 e. The van der Waals surface area contributed by atoms with Crippen molar-refractivity contribution in [1.29, 1.82) is 0 Å². The number of phenols is 1. The Balaban J connectivity index is 2.94. The van der Waals surface area contributed by atoms with E-state index < -0.39 is 0 Å². The zero-order valence-corrected chi connectivity index (χ0v) is 8.43. The Morgan fingerprint density at radius 2 is 2.00 bits per heavy atom. The fourth-order valence-corrected chi connectivity index (χ4v) is 1.98. The first-order chi connectivity index (χ1) is 6.63. The molecule has 0 spiro atoms. The summed E-state index contributed by atoms with van der Waals surface area (Å²) in [6.45, 7) is 9.81. The van der Waals surface area contributed by atoms with Gasteiger partial charge in [0.05, 0.1) is 0 Å². The van der Waals surface area contributed by atoms with Crippen LogP contribution < -0.4 is 10.4 Å². The molecule has 0 aliphatic heterocycles. The van der Waals surface area contributed by atoms with Crippen molar-refractivity contribution in [3.8, 4) is 5.75 Å². The summed E-state index contributed by atoms with van der Waals surface area (Å²) in [7, 11) is 0. The molecule has 1 aliphatic carbocycles. The zero-order valence-electron chi connectivity index (χ0n) is 8.43. The summed E-state index contributed by atoms with van der Waals surface area (Å²) in [4.78, 5) is 0. The molecule has 0 unspecified atom stereocenters. The predicted octanol–water partition coefficient (Wildman–Crippen LogP) is 1.48. The molecule has 0 amide bonds. The first-order valence-corrected chi connectivity index (χ1v) is 4.81. The molecule has 0 heterocycles. The average molecular weight is 186 g/mol. The lowest BCUT2D eigenvalue weighted by Gasteiger charge is -2.14. The van der Waals surface area contributed by atoms with Crippen LogP contribution in [0.4, 0.5) is 0 Å². The number of rotatable bonds is 0. The van der Waals surface area contributed by atoms with E-state index >= 15 is 0 Å². The molecule has 0 saturated carbocycles. The molecule has 2 rings (SSSR count). The van der Waals surface area contributed by atoms with Crippen LogP contribution in [0.2, 0.25) is 0 Å². The molecule has 1 aromatic rings. The minimum absolute atomic E-state index is 0.292. The van der Waals surface area contributed by atoms with Crippen molar-refractivity contribution in [3.63, 3.8) is 0 Å². The number of benzene rings is 1. The third-order valence-corrected chi connectivity index (χ3v) is 2.95. The fourth-order valence-electron chi connectivity index (χ4n) is 1.98. The number of hydrogen-bond acceptors (Lipinski definition) is 1. The largest absolute Gasteiger partial charge is 0.507 e. The van der Waals surface area contributed by atoms with E-state index in [-0.39, 0.29) is 0 Å². The van der Waals surface area contributed by atoms with E-state index in [0.29, 0.717) is 5.75 Å². The first kappa shape index (κ1) is 9.07. The summed E-state index contributed by atoms with van der Waals surface area (Å²) in [5.41, 5.74) is 3.17. The van der Waals surface area contributed by atoms with Crippen molar-refractivity contribution in [1.82, 2.24) is 0 Å². The number of phenolic OH excluding ortho intramolecular Hbond substituents is 1. The van der Waals surface area contributed by atoms with Gasteiger partial charge < -0.3 is 5.11 Å². The van der Waals surface area contributed by atoms with Gasteiger partial charge in [-0.05, 0) is 41.7 Å². The Hall–Kier alpha value is -1.50. The molecular formula is C13H14O. The van der Waals surface area contributed by atoms with Crippen LogP contribution in [0, 0.1) is 6.92 Å². The Labute approximate surface area is 83.7 Å². The van der Waals surface area contributed by atoms with E-state index in [9.17, 15) is 5.11 Å². The topological polar surface area (TPSA) is 20.2 Å². The lowest BCUT2D eigenvalue weighted by molar-refractivity contribution is 0.465. The summed E-state index contributed by atoms with van der Waals surface area (Å²) in [5, 5.41) is 11.5. The summed E-state index contributed by atoms with van der Waals surface area (Å²) in [6, 6.07) is 0. The molecule has 14 heavy (non-hydrogen) atoms. The molecule has 1 aliphatic rings. The predicted molar refractivity (Wildman–Crippen MR) is 60.5 cm³/mol. The van der Waals surface area contributed by atoms with E-state index in [1.165, 1.54) is 5.56 Å². The quantitative estimate of drug-likeness (QED) is 0.650. The zero-order chi connectivity index (χ0) is 10.3. The monoisotopic (exact) mass is 186 g/mol. The van der Waals surface area contributed by atoms with E-state index in [0.717, 1.165) is 34.4 Å². The van der Waals surface area contributed by atoms with Crippen molar-refractivity contribution in [2.75, 3.05) is 0 Å². The fraction of sp³-hybridized carbons (Fsp3) is 0.231. The molecule has 0 fully saturated rings. The summed E-state index contributed by atoms with van der Waals surface area (Å²) < 4.78 is 0. The van der Waals surface area contributed by atoms with Gasteiger partial charge in [-0.1, -0.05) is 25.3 Å². The highest BCUT2D eigenvalue weighted by Gasteiger charge is 2.11. The van der Waals surface area contributed by atoms with Gasteiger partial charge in [0.15, 0.2) is 0 Å². The SMILES string of the molecule is C=c1c(O)c(C)c(=C)c2c1C=CCC2. The van der Waals surface area contributed by atoms with E-state index in [1.54, 1.807) is 0 Å². The molecule has 1 N–H and O–H groups in total. The first-order valence-electron chi connectivity index (χ1n) is 4.81. The van der Waals surface area contributed by atoms with Crippen molar-refractivity contribution in [3.05, 3.63) is 33.2 Å². The van der Waals surface area contributed by atoms with Gasteiger partial charge in [0, 0.05) is 5.22 Å². The van der Waals surface area contributed by atoms with Crippen molar-refractivity contribution < 1.29 is 5.11 Å². The van der Waals surface area contributed by atoms with Gasteiger partial charge in [-0.15, -0.1) is 0 Å². The van der Waals surface area contributed by atoms with Gasteiger partial charge in [-0.25, -0.2) is 0 Å². The second-order valence-corrected chi connectivity index (χ2v) is 3.76. The standard InChI is InChI=1S/C13H14O/c1-8-9(2)13(14)10(3)12-7-5-4-6-11(8)12/h5,7,14H,1,3-4,6H2,2H3. The van der Waals surface area contributed by atoms with Crippen LogP contribution in [-0.2, 0) is 6.42 Å². The van der Waals surface area contributed by atoms with Gasteiger partial charge >= 0.3 is 0 Å². The summed E-state index contributed by atoms with van der Waals surface area (Å²) >= 11 is 0. The minimum atomic E-state index is 0.292. The van der Waals surface area contributed by atoms with Crippen LogP contribution in [0.3, 0.4) is 0 Å². The Kier molecular flexibility index (Phi) is 1.95. The van der Waals surface area contributed by atoms with Crippen molar-refractivity contribution in [2.24, 2.45) is 0 Å². The lowest BCUT2D eigenvalue weighted by Crippen LogP contribution is -2.23. The number of hydrogen-bond donors (Lipinski definition) is 1. The van der Waals surface area contributed by atoms with Crippen LogP contribution in [0.15, 0.2) is 6.08 Å². The highest BCUT2D eigenvalue weighted by Crippen LogP contribution is 2.17. The summed E-state index contributed by atoms with van der Waals surface area (Å²) in [5.74, 6) is 0.292. The third-order valence-electron chi connectivity index (χ3n) is 2.95. The number of aromatic hydroxyl groups is 1. The Morgan fingerprint density at radius 1 is 1.29 bits per heavy atom. The normalized spacial score (nSPS) is 14.1. The summed E-state index contributed by atoms with van der Waals surface area (Å²) in [6.07, 6.45) is 6.22. The second-order valence-electron chi connectivity index (χ2n) is 3.76. The Bertz CT molecular complexity index is 509. The maximum atomic E-state index is 9.81. The van der Waals surface area contributed by atoms with E-state index in [2.05, 4.69) is 19.2 Å². The highest BCUT2D eigenvalue weighted by molar-refractivity contribution is 5.62. The van der Waals surface area contributed by atoms with Gasteiger partial charge in [0.25, 0.3) is 0 Å². The molecule has 0 aromatic heterocycles. The molecule has 0 radical (unpaired) electrons. The Morgan fingerprint density at radius 3 is 2.71 bits per heavy atom. The number of allylic oxidation sites excluding steroid dienone is 1. The lowest BCUT2D eigenvalue weighted by atomic mass is 9.91. The highest BCUT2D eigenvalue weighted by atomic mass is 16.3. The molecular weight excluding hydrogens is 172 g/mol. The van der Waals surface area contributed by atoms with E-state index in [4.69, 9.17) is 0 Å². The minimum Gasteiger partial charge on any atom is -0.507 e. The van der Waals surface area contributed by atoms with Gasteiger partial charge in [-0.3, -0.25) is 0 Å². The second kappa shape index (κ2) is 3.02. The van der Waals surface area contributed by atoms with Crippen LogP contribution in [0.25, 0.3) is 19.2 Å². The maximum absolute atomic E-state index is 9.81. The molecule has 0 saturated heterocycles. The van der Waals surface area contributed by atoms with Crippen LogP contribution in [0.5, 0.6) is 5.75 Å². The molecule has 0 bridgehead atoms. The molecule has 1 nitrogen and oxygen atoms in total. The van der Waals surface area contributed by atoms with Gasteiger partial charge in [0.2, 0.25) is 0 Å². The van der Waals surface area contributed by atoms with Gasteiger partial charge in [0.1, 0.15) is 5.75 Å². The van der Waals surface area contributed by atoms with Crippen LogP contribution >= 0.6 is 0 Å². The smallest absolute Gasteiger partial charge is 0.126 e. The number of fused-ring (bicyclic) bond motifs is 1. The molecule has 72 valence electrons. The van der Waals surface area contributed by atoms with Gasteiger partial charge in [-0.2, -0.15) is 0 Å². The molecule has 1 heteroatoms. The third kappa shape index (κ3) is 1.09. The van der Waals surface area contributed by atoms with E-state index in [1.807, 2.05) is 13.0 Å². The van der Waals surface area contributed by atoms with Crippen LogP contribution in [0.1, 0.15) is 23.1 Å². The molecule has 1 aromatic carbocycles. The molecule has 0 atom stereocenters. The van der Waals surface area contributed by atoms with Crippen molar-refractivity contribution in [2.45, 2.75) is 19.8 Å². The van der Waals surface area contributed by atoms with Crippen molar-refractivity contribution >= 4 is 19.2 Å². The average Bonchev–Trinajstić information content (AvgIpc) is 2.23.